The second-order valence-electron chi connectivity index (χ2n) is 4.75. The van der Waals surface area contributed by atoms with E-state index in [0.29, 0.717) is 0 Å². The molecule has 0 atom stereocenters. The minimum Gasteiger partial charge on any atom is -0.233 e. The molecular formula is C16H23Cl2N. The quantitative estimate of drug-likeness (QED) is 0.281. The molecule has 0 radical (unpaired) electrons. The molecule has 0 bridgehead atoms. The normalized spacial score (nSPS) is 11.5. The van der Waals surface area contributed by atoms with Gasteiger partial charge < -0.3 is 0 Å². The summed E-state index contributed by atoms with van der Waals surface area (Å²) < 4.78 is 0.0130. The van der Waals surface area contributed by atoms with Crippen LogP contribution in [0.15, 0.2) is 52.7 Å². The number of nitrogens with zero attached hydrogens (tertiary/aromatic N) is 1. The van der Waals surface area contributed by atoms with Gasteiger partial charge in [0, 0.05) is 6.20 Å². The fourth-order valence-electron chi connectivity index (χ4n) is 1.48. The van der Waals surface area contributed by atoms with Crippen LogP contribution in [0.5, 0.6) is 0 Å². The molecule has 0 saturated carbocycles. The standard InChI is InChI=1S/C16H23Cl2N/c1-13(2)7-5-8-14(3)9-6-10-15(4)11-12-19-16(17)18/h7,9,11-12H,4-6,8,10H2,1-3H3/b12-11+,14-9+. The van der Waals surface area contributed by atoms with E-state index in [1.54, 1.807) is 6.20 Å². The van der Waals surface area contributed by atoms with Crippen molar-refractivity contribution in [2.75, 3.05) is 0 Å². The van der Waals surface area contributed by atoms with Crippen molar-refractivity contribution in [3.8, 4) is 0 Å². The molecule has 106 valence electrons. The van der Waals surface area contributed by atoms with Gasteiger partial charge in [0.1, 0.15) is 0 Å². The third-order valence-electron chi connectivity index (χ3n) is 2.53. The highest BCUT2D eigenvalue weighted by molar-refractivity contribution is 6.95. The molecule has 0 saturated heterocycles. The van der Waals surface area contributed by atoms with Crippen LogP contribution in [-0.2, 0) is 0 Å². The maximum atomic E-state index is 5.40. The largest absolute Gasteiger partial charge is 0.233 e. The van der Waals surface area contributed by atoms with Gasteiger partial charge in [-0.05, 0) is 75.7 Å². The first-order valence-electron chi connectivity index (χ1n) is 6.44. The van der Waals surface area contributed by atoms with E-state index in [0.717, 1.165) is 31.3 Å². The Hall–Kier alpha value is -0.790. The molecule has 0 aromatic rings. The average molecular weight is 300 g/mol. The molecule has 0 rings (SSSR count). The summed E-state index contributed by atoms with van der Waals surface area (Å²) in [5.74, 6) is 0. The molecule has 0 unspecified atom stereocenters. The lowest BCUT2D eigenvalue weighted by molar-refractivity contribution is 0.928. The maximum Gasteiger partial charge on any atom is 0.196 e. The van der Waals surface area contributed by atoms with Crippen molar-refractivity contribution in [2.45, 2.75) is 46.5 Å². The van der Waals surface area contributed by atoms with Gasteiger partial charge in [0.05, 0.1) is 0 Å². The predicted octanol–water partition coefficient (Wildman–Crippen LogP) is 6.36. The Morgan fingerprint density at radius 1 is 1.05 bits per heavy atom. The van der Waals surface area contributed by atoms with E-state index in [9.17, 15) is 0 Å². The zero-order valence-electron chi connectivity index (χ0n) is 12.0. The molecule has 3 heteroatoms. The Balaban J connectivity index is 3.94. The van der Waals surface area contributed by atoms with Crippen LogP contribution in [0.4, 0.5) is 0 Å². The molecule has 0 aromatic heterocycles. The molecule has 1 nitrogen and oxygen atoms in total. The zero-order valence-corrected chi connectivity index (χ0v) is 13.6. The summed E-state index contributed by atoms with van der Waals surface area (Å²) in [5.41, 5.74) is 3.83. The third-order valence-corrected chi connectivity index (χ3v) is 2.73. The Morgan fingerprint density at radius 3 is 2.26 bits per heavy atom. The second-order valence-corrected chi connectivity index (χ2v) is 5.66. The molecule has 19 heavy (non-hydrogen) atoms. The molecule has 0 aliphatic rings. The fourth-order valence-corrected chi connectivity index (χ4v) is 1.59. The number of allylic oxidation sites excluding steroid dienone is 6. The van der Waals surface area contributed by atoms with Crippen molar-refractivity contribution in [1.82, 2.24) is 0 Å². The molecule has 0 heterocycles. The summed E-state index contributed by atoms with van der Waals surface area (Å²) in [6, 6.07) is 0. The first-order valence-corrected chi connectivity index (χ1v) is 7.19. The van der Waals surface area contributed by atoms with Crippen LogP contribution in [0.2, 0.25) is 0 Å². The smallest absolute Gasteiger partial charge is 0.196 e. The number of aliphatic imine (C=N–C) groups is 1. The lowest BCUT2D eigenvalue weighted by atomic mass is 10.1. The van der Waals surface area contributed by atoms with Gasteiger partial charge in [0.2, 0.25) is 0 Å². The molecular weight excluding hydrogens is 277 g/mol. The highest BCUT2D eigenvalue weighted by atomic mass is 35.5. The Kier molecular flexibility index (Phi) is 10.6. The van der Waals surface area contributed by atoms with Gasteiger partial charge in [0.25, 0.3) is 0 Å². The number of hydrogen-bond donors (Lipinski definition) is 0. The van der Waals surface area contributed by atoms with E-state index in [1.807, 2.05) is 6.08 Å². The Labute approximate surface area is 127 Å². The number of rotatable bonds is 8. The average Bonchev–Trinajstić information content (AvgIpc) is 2.27. The molecule has 0 spiro atoms. The van der Waals surface area contributed by atoms with E-state index in [2.05, 4.69) is 44.5 Å². The molecule has 0 amide bonds. The SMILES string of the molecule is C=C(/C=C/N=C(Cl)Cl)CC/C=C(\C)CCC=C(C)C. The number of halogens is 2. The van der Waals surface area contributed by atoms with Gasteiger partial charge in [-0.1, -0.05) is 35.5 Å². The van der Waals surface area contributed by atoms with E-state index >= 15 is 0 Å². The van der Waals surface area contributed by atoms with Gasteiger partial charge in [0.15, 0.2) is 4.63 Å². The summed E-state index contributed by atoms with van der Waals surface area (Å²) >= 11 is 10.8. The van der Waals surface area contributed by atoms with Crippen LogP contribution in [0.3, 0.4) is 0 Å². The van der Waals surface area contributed by atoms with Crippen molar-refractivity contribution in [3.05, 3.63) is 47.7 Å². The van der Waals surface area contributed by atoms with Crippen molar-refractivity contribution >= 4 is 27.8 Å². The van der Waals surface area contributed by atoms with E-state index in [1.165, 1.54) is 11.1 Å². The van der Waals surface area contributed by atoms with Crippen LogP contribution >= 0.6 is 23.2 Å². The molecule has 0 aliphatic heterocycles. The summed E-state index contributed by atoms with van der Waals surface area (Å²) in [5, 5.41) is 0. The molecule has 0 fully saturated rings. The minimum absolute atomic E-state index is 0.0130. The van der Waals surface area contributed by atoms with Crippen LogP contribution in [0.1, 0.15) is 46.5 Å². The van der Waals surface area contributed by atoms with Crippen molar-refractivity contribution < 1.29 is 0 Å². The van der Waals surface area contributed by atoms with E-state index in [4.69, 9.17) is 23.2 Å². The van der Waals surface area contributed by atoms with Crippen molar-refractivity contribution in [1.29, 1.82) is 0 Å². The summed E-state index contributed by atoms with van der Waals surface area (Å²) in [4.78, 5) is 3.75. The topological polar surface area (TPSA) is 12.4 Å². The summed E-state index contributed by atoms with van der Waals surface area (Å²) in [6.45, 7) is 10.4. The van der Waals surface area contributed by atoms with Gasteiger partial charge in [-0.3, -0.25) is 0 Å². The van der Waals surface area contributed by atoms with Gasteiger partial charge in [-0.25, -0.2) is 4.99 Å². The first kappa shape index (κ1) is 18.2. The molecule has 0 aromatic carbocycles. The van der Waals surface area contributed by atoms with Crippen LogP contribution in [0.25, 0.3) is 0 Å². The maximum absolute atomic E-state index is 5.40. The highest BCUT2D eigenvalue weighted by Crippen LogP contribution is 2.11. The van der Waals surface area contributed by atoms with Crippen LogP contribution in [0, 0.1) is 0 Å². The van der Waals surface area contributed by atoms with Crippen LogP contribution < -0.4 is 0 Å². The highest BCUT2D eigenvalue weighted by Gasteiger charge is 1.91. The van der Waals surface area contributed by atoms with Gasteiger partial charge in [-0.2, -0.15) is 0 Å². The second kappa shape index (κ2) is 11.1. The lowest BCUT2D eigenvalue weighted by Gasteiger charge is -2.00. The summed E-state index contributed by atoms with van der Waals surface area (Å²) in [7, 11) is 0. The lowest BCUT2D eigenvalue weighted by Crippen LogP contribution is -1.80. The monoisotopic (exact) mass is 299 g/mol. The Morgan fingerprint density at radius 2 is 1.68 bits per heavy atom. The van der Waals surface area contributed by atoms with Gasteiger partial charge >= 0.3 is 0 Å². The zero-order chi connectivity index (χ0) is 14.7. The number of hydrogen-bond acceptors (Lipinski definition) is 1. The van der Waals surface area contributed by atoms with Crippen molar-refractivity contribution in [2.24, 2.45) is 4.99 Å². The fraction of sp³-hybridized carbons (Fsp3) is 0.438. The third kappa shape index (κ3) is 13.4. The Bertz CT molecular complexity index is 393. The van der Waals surface area contributed by atoms with Crippen molar-refractivity contribution in [3.63, 3.8) is 0 Å². The summed E-state index contributed by atoms with van der Waals surface area (Å²) in [6.07, 6.45) is 12.1. The van der Waals surface area contributed by atoms with Crippen LogP contribution in [-0.4, -0.2) is 4.63 Å². The van der Waals surface area contributed by atoms with Gasteiger partial charge in [-0.15, -0.1) is 0 Å². The predicted molar refractivity (Wildman–Crippen MR) is 89.1 cm³/mol. The molecule has 0 N–H and O–H groups in total. The van der Waals surface area contributed by atoms with E-state index < -0.39 is 0 Å². The first-order chi connectivity index (χ1) is 8.91. The minimum atomic E-state index is 0.0130. The molecule has 0 aliphatic carbocycles. The van der Waals surface area contributed by atoms with E-state index in [-0.39, 0.29) is 4.63 Å².